The van der Waals surface area contributed by atoms with Crippen molar-refractivity contribution in [3.8, 4) is 17.2 Å². The Bertz CT molecular complexity index is 674. The van der Waals surface area contributed by atoms with Crippen LogP contribution in [0.1, 0.15) is 10.4 Å². The van der Waals surface area contributed by atoms with Crippen LogP contribution in [0.25, 0.3) is 0 Å². The molecule has 0 bridgehead atoms. The van der Waals surface area contributed by atoms with Crippen LogP contribution in [0.2, 0.25) is 0 Å². The summed E-state index contributed by atoms with van der Waals surface area (Å²) in [6, 6.07) is 3.35. The molecule has 2 rings (SSSR count). The van der Waals surface area contributed by atoms with E-state index in [0.29, 0.717) is 34.1 Å². The maximum atomic E-state index is 12.6. The lowest BCUT2D eigenvalue weighted by Crippen LogP contribution is -2.03. The van der Waals surface area contributed by atoms with Gasteiger partial charge in [-0.05, 0) is 6.07 Å². The quantitative estimate of drug-likeness (QED) is 0.861. The van der Waals surface area contributed by atoms with E-state index in [1.165, 1.54) is 21.3 Å². The van der Waals surface area contributed by atoms with Gasteiger partial charge in [-0.25, -0.2) is 4.98 Å². The largest absolute Gasteiger partial charge is 0.496 e. The van der Waals surface area contributed by atoms with Gasteiger partial charge in [-0.3, -0.25) is 0 Å². The van der Waals surface area contributed by atoms with Crippen LogP contribution >= 0.6 is 11.3 Å². The maximum absolute atomic E-state index is 12.6. The Morgan fingerprint density at radius 2 is 1.65 bits per heavy atom. The van der Waals surface area contributed by atoms with Crippen molar-refractivity contribution in [2.75, 3.05) is 26.6 Å². The molecule has 0 amide bonds. The van der Waals surface area contributed by atoms with Gasteiger partial charge in [0, 0.05) is 18.2 Å². The van der Waals surface area contributed by atoms with E-state index in [4.69, 9.17) is 14.2 Å². The lowest BCUT2D eigenvalue weighted by atomic mass is 10.1. The first kappa shape index (κ1) is 17.2. The highest BCUT2D eigenvalue weighted by Crippen LogP contribution is 2.37. The fourth-order valence-corrected chi connectivity index (χ4v) is 2.57. The first-order chi connectivity index (χ1) is 10.9. The first-order valence-corrected chi connectivity index (χ1v) is 7.26. The Morgan fingerprint density at radius 3 is 2.17 bits per heavy atom. The van der Waals surface area contributed by atoms with E-state index < -0.39 is 11.1 Å². The number of hydrogen-bond acceptors (Lipinski definition) is 6. The molecule has 1 aromatic carbocycles. The van der Waals surface area contributed by atoms with E-state index in [1.807, 2.05) is 0 Å². The average molecular weight is 348 g/mol. The van der Waals surface area contributed by atoms with Crippen molar-refractivity contribution in [1.82, 2.24) is 4.98 Å². The Labute approximate surface area is 135 Å². The summed E-state index contributed by atoms with van der Waals surface area (Å²) in [6.07, 6.45) is -3.59. The molecule has 1 N–H and O–H groups in total. The molecule has 0 spiro atoms. The molecular weight excluding hydrogens is 333 g/mol. The Morgan fingerprint density at radius 1 is 1.04 bits per heavy atom. The van der Waals surface area contributed by atoms with Crippen molar-refractivity contribution in [2.24, 2.45) is 0 Å². The van der Waals surface area contributed by atoms with Crippen LogP contribution in [0.3, 0.4) is 0 Å². The molecule has 23 heavy (non-hydrogen) atoms. The Kier molecular flexibility index (Phi) is 5.19. The smallest absolute Gasteiger partial charge is 0.427 e. The molecule has 0 atom stereocenters. The number of thiazole rings is 1. The minimum atomic E-state index is -4.39. The first-order valence-electron chi connectivity index (χ1n) is 6.44. The number of alkyl halides is 3. The van der Waals surface area contributed by atoms with Gasteiger partial charge in [0.15, 0.2) is 16.6 Å². The van der Waals surface area contributed by atoms with Gasteiger partial charge in [0.05, 0.1) is 27.5 Å². The Balaban J connectivity index is 2.18. The average Bonchev–Trinajstić information content (AvgIpc) is 3.01. The van der Waals surface area contributed by atoms with Gasteiger partial charge in [0.1, 0.15) is 10.6 Å². The van der Waals surface area contributed by atoms with Crippen LogP contribution in [-0.2, 0) is 12.7 Å². The molecule has 1 heterocycles. The molecule has 0 saturated carbocycles. The zero-order chi connectivity index (χ0) is 17.0. The van der Waals surface area contributed by atoms with Crippen molar-refractivity contribution in [2.45, 2.75) is 12.7 Å². The second kappa shape index (κ2) is 6.95. The van der Waals surface area contributed by atoms with Gasteiger partial charge in [-0.1, -0.05) is 11.3 Å². The van der Waals surface area contributed by atoms with E-state index in [2.05, 4.69) is 10.3 Å². The standard InChI is InChI=1S/C14H15F3N2O3S/c1-20-9-5-11(22-3)10(21-2)4-8(9)6-18-13-19-7-12(23-13)14(15,16)17/h4-5,7H,6H2,1-3H3,(H,18,19). The van der Waals surface area contributed by atoms with Crippen LogP contribution in [0.5, 0.6) is 17.2 Å². The van der Waals surface area contributed by atoms with Crippen LogP contribution < -0.4 is 19.5 Å². The summed E-state index contributed by atoms with van der Waals surface area (Å²) in [5.41, 5.74) is 0.703. The third-order valence-electron chi connectivity index (χ3n) is 3.00. The van der Waals surface area contributed by atoms with Crippen LogP contribution in [0, 0.1) is 0 Å². The molecule has 0 aliphatic heterocycles. The molecule has 126 valence electrons. The minimum absolute atomic E-state index is 0.175. The van der Waals surface area contributed by atoms with Crippen LogP contribution in [0.15, 0.2) is 18.3 Å². The van der Waals surface area contributed by atoms with Gasteiger partial charge in [0.2, 0.25) is 0 Å². The van der Waals surface area contributed by atoms with Crippen molar-refractivity contribution < 1.29 is 27.4 Å². The molecule has 5 nitrogen and oxygen atoms in total. The van der Waals surface area contributed by atoms with Crippen molar-refractivity contribution in [3.05, 3.63) is 28.8 Å². The number of benzene rings is 1. The number of nitrogens with one attached hydrogen (secondary N) is 1. The predicted octanol–water partition coefficient (Wildman–Crippen LogP) is 3.80. The third kappa shape index (κ3) is 3.98. The Hall–Kier alpha value is -2.16. The number of methoxy groups -OCH3 is 3. The predicted molar refractivity (Wildman–Crippen MR) is 80.5 cm³/mol. The number of aromatic nitrogens is 1. The summed E-state index contributed by atoms with van der Waals surface area (Å²) in [7, 11) is 4.50. The SMILES string of the molecule is COc1cc(OC)c(OC)cc1CNc1ncc(C(F)(F)F)s1. The summed E-state index contributed by atoms with van der Waals surface area (Å²) in [4.78, 5) is 2.97. The molecular formula is C14H15F3N2O3S. The molecule has 0 aliphatic carbocycles. The monoisotopic (exact) mass is 348 g/mol. The molecule has 2 aromatic rings. The highest BCUT2D eigenvalue weighted by Gasteiger charge is 2.33. The van der Waals surface area contributed by atoms with Crippen LogP contribution in [0.4, 0.5) is 18.3 Å². The summed E-state index contributed by atoms with van der Waals surface area (Å²) in [6.45, 7) is 0.230. The van der Waals surface area contributed by atoms with E-state index in [1.54, 1.807) is 12.1 Å². The van der Waals surface area contributed by atoms with Crippen molar-refractivity contribution in [3.63, 3.8) is 0 Å². The van der Waals surface area contributed by atoms with Gasteiger partial charge in [-0.15, -0.1) is 0 Å². The molecule has 0 fully saturated rings. The molecule has 0 aliphatic rings. The zero-order valence-corrected chi connectivity index (χ0v) is 13.5. The van der Waals surface area contributed by atoms with Crippen molar-refractivity contribution in [1.29, 1.82) is 0 Å². The van der Waals surface area contributed by atoms with E-state index in [9.17, 15) is 13.2 Å². The highest BCUT2D eigenvalue weighted by atomic mass is 32.1. The van der Waals surface area contributed by atoms with Gasteiger partial charge < -0.3 is 19.5 Å². The number of rotatable bonds is 6. The fourth-order valence-electron chi connectivity index (χ4n) is 1.89. The number of anilines is 1. The fraction of sp³-hybridized carbons (Fsp3) is 0.357. The molecule has 9 heteroatoms. The number of nitrogens with zero attached hydrogens (tertiary/aromatic N) is 1. The highest BCUT2D eigenvalue weighted by molar-refractivity contribution is 7.15. The maximum Gasteiger partial charge on any atom is 0.427 e. The van der Waals surface area contributed by atoms with E-state index in [0.717, 1.165) is 6.20 Å². The summed E-state index contributed by atoms with van der Waals surface area (Å²) < 4.78 is 53.3. The zero-order valence-electron chi connectivity index (χ0n) is 12.7. The topological polar surface area (TPSA) is 52.6 Å². The van der Waals surface area contributed by atoms with E-state index >= 15 is 0 Å². The summed E-state index contributed by atoms with van der Waals surface area (Å²) >= 11 is 0.546. The number of ether oxygens (including phenoxy) is 3. The molecule has 0 saturated heterocycles. The molecule has 1 aromatic heterocycles. The lowest BCUT2D eigenvalue weighted by Gasteiger charge is -2.14. The second-order valence-corrected chi connectivity index (χ2v) is 5.43. The summed E-state index contributed by atoms with van der Waals surface area (Å²) in [5.74, 6) is 1.53. The molecule has 0 unspecified atom stereocenters. The number of hydrogen-bond donors (Lipinski definition) is 1. The second-order valence-electron chi connectivity index (χ2n) is 4.40. The van der Waals surface area contributed by atoms with E-state index in [-0.39, 0.29) is 11.7 Å². The normalized spacial score (nSPS) is 11.2. The minimum Gasteiger partial charge on any atom is -0.496 e. The van der Waals surface area contributed by atoms with Gasteiger partial charge in [-0.2, -0.15) is 13.2 Å². The van der Waals surface area contributed by atoms with Gasteiger partial charge in [0.25, 0.3) is 0 Å². The molecule has 0 radical (unpaired) electrons. The van der Waals surface area contributed by atoms with Crippen molar-refractivity contribution >= 4 is 16.5 Å². The van der Waals surface area contributed by atoms with Gasteiger partial charge >= 0.3 is 6.18 Å². The lowest BCUT2D eigenvalue weighted by molar-refractivity contribution is -0.134. The van der Waals surface area contributed by atoms with Crippen LogP contribution in [-0.4, -0.2) is 26.3 Å². The summed E-state index contributed by atoms with van der Waals surface area (Å²) in [5, 5.41) is 3.02. The third-order valence-corrected chi connectivity index (χ3v) is 4.00. The number of halogens is 3.